The summed E-state index contributed by atoms with van der Waals surface area (Å²) in [5.41, 5.74) is 0.932. The number of amides is 2. The van der Waals surface area contributed by atoms with Gasteiger partial charge in [0.15, 0.2) is 6.61 Å². The van der Waals surface area contributed by atoms with Crippen LogP contribution in [0.25, 0.3) is 0 Å². The number of rotatable bonds is 7. The molecule has 0 spiro atoms. The van der Waals surface area contributed by atoms with Crippen LogP contribution in [0.3, 0.4) is 0 Å². The van der Waals surface area contributed by atoms with E-state index in [2.05, 4.69) is 10.6 Å². The minimum atomic E-state index is -0.351. The van der Waals surface area contributed by atoms with Crippen molar-refractivity contribution in [2.75, 3.05) is 13.2 Å². The number of halogens is 1. The number of hydrogen-bond donors (Lipinski definition) is 2. The Bertz CT molecular complexity index is 645. The van der Waals surface area contributed by atoms with Gasteiger partial charge in [-0.15, -0.1) is 0 Å². The first-order valence-electron chi connectivity index (χ1n) is 7.09. The Morgan fingerprint density at radius 1 is 0.913 bits per heavy atom. The molecule has 23 heavy (non-hydrogen) atoms. The molecule has 0 unspecified atom stereocenters. The molecule has 2 N–H and O–H groups in total. The molecule has 2 aromatic rings. The van der Waals surface area contributed by atoms with Crippen molar-refractivity contribution in [1.29, 1.82) is 0 Å². The van der Waals surface area contributed by atoms with E-state index in [1.165, 1.54) is 0 Å². The van der Waals surface area contributed by atoms with E-state index in [1.807, 2.05) is 30.3 Å². The Morgan fingerprint density at radius 3 is 2.30 bits per heavy atom. The molecule has 2 amide bonds. The summed E-state index contributed by atoms with van der Waals surface area (Å²) < 4.78 is 5.28. The summed E-state index contributed by atoms with van der Waals surface area (Å²) in [5, 5.41) is 5.86. The van der Waals surface area contributed by atoms with E-state index < -0.39 is 0 Å². The van der Waals surface area contributed by atoms with Gasteiger partial charge < -0.3 is 15.4 Å². The highest BCUT2D eigenvalue weighted by Gasteiger charge is 2.06. The average molecular weight is 333 g/mol. The summed E-state index contributed by atoms with van der Waals surface area (Å²) in [6, 6.07) is 16.2. The van der Waals surface area contributed by atoms with Crippen molar-refractivity contribution in [3.63, 3.8) is 0 Å². The van der Waals surface area contributed by atoms with Crippen molar-refractivity contribution < 1.29 is 14.3 Å². The SMILES string of the molecule is O=C(CNC(=O)COc1ccccc1)NCc1ccc(Cl)cc1. The second kappa shape index (κ2) is 8.80. The number of ether oxygens (including phenoxy) is 1. The summed E-state index contributed by atoms with van der Waals surface area (Å²) in [7, 11) is 0. The molecule has 0 atom stereocenters. The molecular weight excluding hydrogens is 316 g/mol. The Balaban J connectivity index is 1.63. The van der Waals surface area contributed by atoms with E-state index in [0.717, 1.165) is 5.56 Å². The molecule has 0 aliphatic carbocycles. The van der Waals surface area contributed by atoms with Crippen LogP contribution >= 0.6 is 11.6 Å². The van der Waals surface area contributed by atoms with Crippen molar-refractivity contribution in [3.8, 4) is 5.75 Å². The van der Waals surface area contributed by atoms with Gasteiger partial charge in [-0.2, -0.15) is 0 Å². The number of benzene rings is 2. The van der Waals surface area contributed by atoms with Crippen LogP contribution < -0.4 is 15.4 Å². The van der Waals surface area contributed by atoms with Gasteiger partial charge in [0.2, 0.25) is 5.91 Å². The fourth-order valence-electron chi connectivity index (χ4n) is 1.76. The molecule has 5 nitrogen and oxygen atoms in total. The molecule has 0 radical (unpaired) electrons. The summed E-state index contributed by atoms with van der Waals surface area (Å²) >= 11 is 5.79. The van der Waals surface area contributed by atoms with Crippen LogP contribution in [0.2, 0.25) is 5.02 Å². The lowest BCUT2D eigenvalue weighted by Gasteiger charge is -2.08. The van der Waals surface area contributed by atoms with Gasteiger partial charge in [-0.3, -0.25) is 9.59 Å². The smallest absolute Gasteiger partial charge is 0.258 e. The molecular formula is C17H17ClN2O3. The molecule has 6 heteroatoms. The van der Waals surface area contributed by atoms with E-state index in [-0.39, 0.29) is 25.0 Å². The van der Waals surface area contributed by atoms with Gasteiger partial charge in [0.25, 0.3) is 5.91 Å². The predicted molar refractivity (Wildman–Crippen MR) is 88.2 cm³/mol. The fraction of sp³-hybridized carbons (Fsp3) is 0.176. The highest BCUT2D eigenvalue weighted by Crippen LogP contribution is 2.09. The van der Waals surface area contributed by atoms with E-state index >= 15 is 0 Å². The van der Waals surface area contributed by atoms with Crippen LogP contribution in [0.15, 0.2) is 54.6 Å². The van der Waals surface area contributed by atoms with Crippen molar-refractivity contribution >= 4 is 23.4 Å². The summed E-state index contributed by atoms with van der Waals surface area (Å²) in [5.74, 6) is -0.0154. The third-order valence-corrected chi connectivity index (χ3v) is 3.21. The minimum absolute atomic E-state index is 0.0927. The molecule has 0 saturated carbocycles. The molecule has 0 fully saturated rings. The number of carbonyl (C=O) groups is 2. The zero-order valence-electron chi connectivity index (χ0n) is 12.4. The Hall–Kier alpha value is -2.53. The lowest BCUT2D eigenvalue weighted by molar-refractivity contribution is -0.127. The first-order valence-corrected chi connectivity index (χ1v) is 7.47. The standard InChI is InChI=1S/C17H17ClN2O3/c18-14-8-6-13(7-9-14)10-19-16(21)11-20-17(22)12-23-15-4-2-1-3-5-15/h1-9H,10-12H2,(H,19,21)(H,20,22). The number of para-hydroxylation sites is 1. The maximum Gasteiger partial charge on any atom is 0.258 e. The van der Waals surface area contributed by atoms with Gasteiger partial charge in [-0.1, -0.05) is 41.9 Å². The third kappa shape index (κ3) is 6.40. The summed E-state index contributed by atoms with van der Waals surface area (Å²) in [6.45, 7) is 0.158. The Morgan fingerprint density at radius 2 is 1.61 bits per heavy atom. The van der Waals surface area contributed by atoms with Crippen LogP contribution in [0, 0.1) is 0 Å². The monoisotopic (exact) mass is 332 g/mol. The average Bonchev–Trinajstić information content (AvgIpc) is 2.58. The van der Waals surface area contributed by atoms with Crippen LogP contribution in [0.4, 0.5) is 0 Å². The molecule has 0 aliphatic rings. The van der Waals surface area contributed by atoms with E-state index in [1.54, 1.807) is 24.3 Å². The number of hydrogen-bond acceptors (Lipinski definition) is 3. The zero-order chi connectivity index (χ0) is 16.5. The quantitative estimate of drug-likeness (QED) is 0.816. The summed E-state index contributed by atoms with van der Waals surface area (Å²) in [4.78, 5) is 23.3. The highest BCUT2D eigenvalue weighted by molar-refractivity contribution is 6.30. The van der Waals surface area contributed by atoms with Gasteiger partial charge in [-0.05, 0) is 29.8 Å². The maximum atomic E-state index is 11.7. The topological polar surface area (TPSA) is 67.4 Å². The lowest BCUT2D eigenvalue weighted by atomic mass is 10.2. The molecule has 0 bridgehead atoms. The van der Waals surface area contributed by atoms with Crippen LogP contribution in [-0.2, 0) is 16.1 Å². The predicted octanol–water partition coefficient (Wildman–Crippen LogP) is 2.15. The van der Waals surface area contributed by atoms with Gasteiger partial charge in [0.1, 0.15) is 5.75 Å². The minimum Gasteiger partial charge on any atom is -0.484 e. The molecule has 0 saturated heterocycles. The van der Waals surface area contributed by atoms with Crippen LogP contribution in [0.5, 0.6) is 5.75 Å². The highest BCUT2D eigenvalue weighted by atomic mass is 35.5. The zero-order valence-corrected chi connectivity index (χ0v) is 13.2. The second-order valence-electron chi connectivity index (χ2n) is 4.78. The number of nitrogens with one attached hydrogen (secondary N) is 2. The first kappa shape index (κ1) is 16.8. The van der Waals surface area contributed by atoms with Gasteiger partial charge in [-0.25, -0.2) is 0 Å². The van der Waals surface area contributed by atoms with E-state index in [9.17, 15) is 9.59 Å². The normalized spacial score (nSPS) is 9.96. The molecule has 2 aromatic carbocycles. The third-order valence-electron chi connectivity index (χ3n) is 2.96. The largest absolute Gasteiger partial charge is 0.484 e. The summed E-state index contributed by atoms with van der Waals surface area (Å²) in [6.07, 6.45) is 0. The molecule has 0 heterocycles. The number of carbonyl (C=O) groups excluding carboxylic acids is 2. The molecule has 2 rings (SSSR count). The van der Waals surface area contributed by atoms with Gasteiger partial charge in [0, 0.05) is 11.6 Å². The Kier molecular flexibility index (Phi) is 6.44. The van der Waals surface area contributed by atoms with Crippen molar-refractivity contribution in [1.82, 2.24) is 10.6 Å². The van der Waals surface area contributed by atoms with E-state index in [0.29, 0.717) is 17.3 Å². The fourth-order valence-corrected chi connectivity index (χ4v) is 1.89. The lowest BCUT2D eigenvalue weighted by Crippen LogP contribution is -2.38. The van der Waals surface area contributed by atoms with Crippen molar-refractivity contribution in [2.24, 2.45) is 0 Å². The van der Waals surface area contributed by atoms with Gasteiger partial charge >= 0.3 is 0 Å². The van der Waals surface area contributed by atoms with Crippen LogP contribution in [0.1, 0.15) is 5.56 Å². The maximum absolute atomic E-state index is 11.7. The molecule has 120 valence electrons. The van der Waals surface area contributed by atoms with Crippen molar-refractivity contribution in [2.45, 2.75) is 6.54 Å². The van der Waals surface area contributed by atoms with Crippen molar-refractivity contribution in [3.05, 3.63) is 65.2 Å². The van der Waals surface area contributed by atoms with E-state index in [4.69, 9.17) is 16.3 Å². The van der Waals surface area contributed by atoms with Crippen LogP contribution in [-0.4, -0.2) is 25.0 Å². The molecule has 0 aromatic heterocycles. The Labute approximate surface area is 139 Å². The van der Waals surface area contributed by atoms with Gasteiger partial charge in [0.05, 0.1) is 6.54 Å². The molecule has 0 aliphatic heterocycles. The first-order chi connectivity index (χ1) is 11.1. The second-order valence-corrected chi connectivity index (χ2v) is 5.22.